The van der Waals surface area contributed by atoms with Gasteiger partial charge in [0, 0.05) is 38.5 Å². The number of aliphatic imine (C=N–C) groups is 1. The average Bonchev–Trinajstić information content (AvgIpc) is 3.23. The lowest BCUT2D eigenvalue weighted by molar-refractivity contribution is 0.0487. The highest BCUT2D eigenvalue weighted by atomic mass is 127. The fourth-order valence-corrected chi connectivity index (χ4v) is 3.04. The summed E-state index contributed by atoms with van der Waals surface area (Å²) in [5.41, 5.74) is 1.04. The van der Waals surface area contributed by atoms with Gasteiger partial charge in [0.05, 0.1) is 19.8 Å². The van der Waals surface area contributed by atoms with Gasteiger partial charge in [0.1, 0.15) is 6.10 Å². The first-order valence-corrected chi connectivity index (χ1v) is 10.5. The molecule has 0 bridgehead atoms. The van der Waals surface area contributed by atoms with E-state index in [1.165, 1.54) is 12.8 Å². The third-order valence-corrected chi connectivity index (χ3v) is 4.65. The molecule has 0 saturated heterocycles. The number of rotatable bonds is 13. The summed E-state index contributed by atoms with van der Waals surface area (Å²) in [5.74, 6) is 1.46. The number of guanidine groups is 1. The minimum Gasteiger partial charge on any atom is -0.474 e. The van der Waals surface area contributed by atoms with Crippen molar-refractivity contribution in [2.24, 2.45) is 4.99 Å². The summed E-state index contributed by atoms with van der Waals surface area (Å²) in [6.07, 6.45) is 9.08. The Bertz CT molecular complexity index is 569. The SMILES string of the molecule is CCCCOCCOCCNC(=NC)NCc1cccnc1OC1CCCC1.I. The van der Waals surface area contributed by atoms with Crippen LogP contribution in [-0.4, -0.2) is 57.1 Å². The van der Waals surface area contributed by atoms with Gasteiger partial charge in [-0.1, -0.05) is 19.4 Å². The number of aromatic nitrogens is 1. The molecule has 0 spiro atoms. The third kappa shape index (κ3) is 11.0. The molecule has 1 aromatic heterocycles. The van der Waals surface area contributed by atoms with Gasteiger partial charge < -0.3 is 24.8 Å². The summed E-state index contributed by atoms with van der Waals surface area (Å²) < 4.78 is 17.1. The Morgan fingerprint density at radius 1 is 1.14 bits per heavy atom. The second kappa shape index (κ2) is 16.6. The van der Waals surface area contributed by atoms with Crippen molar-refractivity contribution in [3.8, 4) is 5.88 Å². The first-order valence-electron chi connectivity index (χ1n) is 10.5. The Morgan fingerprint density at radius 3 is 2.62 bits per heavy atom. The number of nitrogens with zero attached hydrogens (tertiary/aromatic N) is 2. The van der Waals surface area contributed by atoms with E-state index in [2.05, 4.69) is 27.5 Å². The maximum atomic E-state index is 6.09. The summed E-state index contributed by atoms with van der Waals surface area (Å²) in [6.45, 7) is 6.15. The van der Waals surface area contributed by atoms with Crippen molar-refractivity contribution in [1.29, 1.82) is 0 Å². The minimum absolute atomic E-state index is 0. The lowest BCUT2D eigenvalue weighted by atomic mass is 10.2. The van der Waals surface area contributed by atoms with E-state index in [-0.39, 0.29) is 24.0 Å². The number of halogens is 1. The fraction of sp³-hybridized carbons (Fsp3) is 0.714. The summed E-state index contributed by atoms with van der Waals surface area (Å²) in [7, 11) is 1.76. The molecular formula is C21H37IN4O3. The van der Waals surface area contributed by atoms with Crippen LogP contribution in [0.2, 0.25) is 0 Å². The van der Waals surface area contributed by atoms with E-state index in [9.17, 15) is 0 Å². The van der Waals surface area contributed by atoms with E-state index < -0.39 is 0 Å². The molecule has 1 fully saturated rings. The van der Waals surface area contributed by atoms with E-state index >= 15 is 0 Å². The van der Waals surface area contributed by atoms with Crippen molar-refractivity contribution in [3.05, 3.63) is 23.9 Å². The molecule has 29 heavy (non-hydrogen) atoms. The van der Waals surface area contributed by atoms with Gasteiger partial charge in [-0.3, -0.25) is 4.99 Å². The number of nitrogens with one attached hydrogen (secondary N) is 2. The molecule has 1 aliphatic carbocycles. The van der Waals surface area contributed by atoms with E-state index in [1.54, 1.807) is 13.2 Å². The van der Waals surface area contributed by atoms with Crippen LogP contribution in [0.5, 0.6) is 5.88 Å². The topological polar surface area (TPSA) is 77.0 Å². The summed E-state index contributed by atoms with van der Waals surface area (Å²) in [6, 6.07) is 3.98. The van der Waals surface area contributed by atoms with Crippen LogP contribution in [0.4, 0.5) is 0 Å². The third-order valence-electron chi connectivity index (χ3n) is 4.65. The van der Waals surface area contributed by atoms with Gasteiger partial charge >= 0.3 is 0 Å². The minimum atomic E-state index is 0. The first-order chi connectivity index (χ1) is 13.8. The molecular weight excluding hydrogens is 483 g/mol. The summed E-state index contributed by atoms with van der Waals surface area (Å²) >= 11 is 0. The molecule has 7 nitrogen and oxygen atoms in total. The Labute approximate surface area is 192 Å². The predicted molar refractivity (Wildman–Crippen MR) is 127 cm³/mol. The van der Waals surface area contributed by atoms with E-state index in [1.807, 2.05) is 12.1 Å². The molecule has 1 saturated carbocycles. The van der Waals surface area contributed by atoms with Gasteiger partial charge in [-0.15, -0.1) is 24.0 Å². The van der Waals surface area contributed by atoms with Crippen LogP contribution in [0.15, 0.2) is 23.3 Å². The quantitative estimate of drug-likeness (QED) is 0.180. The van der Waals surface area contributed by atoms with Crippen LogP contribution >= 0.6 is 24.0 Å². The van der Waals surface area contributed by atoms with Crippen molar-refractivity contribution in [1.82, 2.24) is 15.6 Å². The molecule has 0 aromatic carbocycles. The van der Waals surface area contributed by atoms with Gasteiger partial charge in [-0.25, -0.2) is 4.98 Å². The van der Waals surface area contributed by atoms with Gasteiger partial charge in [0.15, 0.2) is 5.96 Å². The van der Waals surface area contributed by atoms with Gasteiger partial charge in [-0.05, 0) is 38.2 Å². The van der Waals surface area contributed by atoms with Crippen LogP contribution in [0.25, 0.3) is 0 Å². The standard InChI is InChI=1S/C21H36N4O3.HI/c1-3-4-13-26-15-16-27-14-12-24-21(22-2)25-17-18-8-7-11-23-20(18)28-19-9-5-6-10-19;/h7-8,11,19H,3-6,9-10,12-17H2,1-2H3,(H2,22,24,25);1H. The van der Waals surface area contributed by atoms with E-state index in [4.69, 9.17) is 14.2 Å². The highest BCUT2D eigenvalue weighted by molar-refractivity contribution is 14.0. The Kier molecular flexibility index (Phi) is 14.9. The Balaban J connectivity index is 0.00000420. The number of hydrogen-bond acceptors (Lipinski definition) is 5. The second-order valence-electron chi connectivity index (χ2n) is 6.92. The maximum absolute atomic E-state index is 6.09. The molecule has 0 unspecified atom stereocenters. The molecule has 0 amide bonds. The van der Waals surface area contributed by atoms with Crippen molar-refractivity contribution in [2.75, 3.05) is 40.0 Å². The molecule has 0 atom stereocenters. The smallest absolute Gasteiger partial charge is 0.218 e. The second-order valence-corrected chi connectivity index (χ2v) is 6.92. The van der Waals surface area contributed by atoms with Gasteiger partial charge in [0.2, 0.25) is 5.88 Å². The number of ether oxygens (including phenoxy) is 3. The van der Waals surface area contributed by atoms with Gasteiger partial charge in [-0.2, -0.15) is 0 Å². The van der Waals surface area contributed by atoms with Crippen molar-refractivity contribution in [2.45, 2.75) is 58.1 Å². The van der Waals surface area contributed by atoms with Crippen LogP contribution in [0.1, 0.15) is 51.0 Å². The molecule has 1 aliphatic rings. The highest BCUT2D eigenvalue weighted by Crippen LogP contribution is 2.24. The van der Waals surface area contributed by atoms with Crippen LogP contribution in [0.3, 0.4) is 0 Å². The largest absolute Gasteiger partial charge is 0.474 e. The van der Waals surface area contributed by atoms with Crippen LogP contribution < -0.4 is 15.4 Å². The summed E-state index contributed by atoms with van der Waals surface area (Å²) in [4.78, 5) is 8.67. The monoisotopic (exact) mass is 520 g/mol. The molecule has 1 aromatic rings. The van der Waals surface area contributed by atoms with Crippen molar-refractivity contribution < 1.29 is 14.2 Å². The lowest BCUT2D eigenvalue weighted by Gasteiger charge is -2.16. The molecule has 0 aliphatic heterocycles. The van der Waals surface area contributed by atoms with Crippen LogP contribution in [-0.2, 0) is 16.0 Å². The van der Waals surface area contributed by atoms with Crippen molar-refractivity contribution in [3.63, 3.8) is 0 Å². The van der Waals surface area contributed by atoms with E-state index in [0.29, 0.717) is 39.0 Å². The zero-order chi connectivity index (χ0) is 19.9. The number of hydrogen-bond donors (Lipinski definition) is 2. The first kappa shape index (κ1) is 25.9. The molecule has 2 rings (SSSR count). The fourth-order valence-electron chi connectivity index (χ4n) is 3.04. The maximum Gasteiger partial charge on any atom is 0.218 e. The van der Waals surface area contributed by atoms with E-state index in [0.717, 1.165) is 49.7 Å². The Morgan fingerprint density at radius 2 is 1.90 bits per heavy atom. The molecule has 2 N–H and O–H groups in total. The normalized spacial score (nSPS) is 14.5. The number of unbranched alkanes of at least 4 members (excludes halogenated alkanes) is 1. The lowest BCUT2D eigenvalue weighted by Crippen LogP contribution is -2.38. The van der Waals surface area contributed by atoms with Crippen molar-refractivity contribution >= 4 is 29.9 Å². The average molecular weight is 520 g/mol. The number of pyridine rings is 1. The van der Waals surface area contributed by atoms with Crippen LogP contribution in [0, 0.1) is 0 Å². The highest BCUT2D eigenvalue weighted by Gasteiger charge is 2.18. The molecule has 8 heteroatoms. The zero-order valence-electron chi connectivity index (χ0n) is 17.8. The van der Waals surface area contributed by atoms with Gasteiger partial charge in [0.25, 0.3) is 0 Å². The molecule has 0 radical (unpaired) electrons. The zero-order valence-corrected chi connectivity index (χ0v) is 20.2. The molecule has 1 heterocycles. The molecule has 166 valence electrons. The Hall–Kier alpha value is -1.13. The summed E-state index contributed by atoms with van der Waals surface area (Å²) in [5, 5.41) is 6.57. The predicted octanol–water partition coefficient (Wildman–Crippen LogP) is 3.52.